The molecule has 0 radical (unpaired) electrons. The lowest BCUT2D eigenvalue weighted by atomic mass is 9.69. The second-order valence-corrected chi connectivity index (χ2v) is 8.06. The van der Waals surface area contributed by atoms with E-state index in [9.17, 15) is 9.59 Å². The van der Waals surface area contributed by atoms with Crippen LogP contribution in [0.5, 0.6) is 0 Å². The van der Waals surface area contributed by atoms with E-state index in [4.69, 9.17) is 0 Å². The Kier molecular flexibility index (Phi) is 4.23. The van der Waals surface area contributed by atoms with Crippen molar-refractivity contribution < 1.29 is 4.79 Å². The van der Waals surface area contributed by atoms with Crippen LogP contribution < -0.4 is 10.9 Å². The van der Waals surface area contributed by atoms with Gasteiger partial charge in [-0.1, -0.05) is 25.7 Å². The number of aromatic nitrogens is 1. The van der Waals surface area contributed by atoms with E-state index in [1.54, 1.807) is 0 Å². The zero-order chi connectivity index (χ0) is 16.6. The molecule has 3 aliphatic rings. The van der Waals surface area contributed by atoms with Gasteiger partial charge in [-0.2, -0.15) is 0 Å². The number of aromatic amines is 1. The summed E-state index contributed by atoms with van der Waals surface area (Å²) >= 11 is 0. The van der Waals surface area contributed by atoms with Gasteiger partial charge in [-0.3, -0.25) is 9.59 Å². The second-order valence-electron chi connectivity index (χ2n) is 8.06. The van der Waals surface area contributed by atoms with Crippen molar-refractivity contribution in [3.63, 3.8) is 0 Å². The molecule has 1 aromatic rings. The van der Waals surface area contributed by atoms with Crippen LogP contribution in [0.3, 0.4) is 0 Å². The van der Waals surface area contributed by atoms with Crippen molar-refractivity contribution >= 4 is 5.91 Å². The van der Waals surface area contributed by atoms with E-state index in [0.717, 1.165) is 43.4 Å². The molecular formula is C20H28N2O2. The molecule has 24 heavy (non-hydrogen) atoms. The Morgan fingerprint density at radius 1 is 1.04 bits per heavy atom. The largest absolute Gasteiger partial charge is 0.349 e. The molecule has 0 aromatic carbocycles. The van der Waals surface area contributed by atoms with E-state index in [2.05, 4.69) is 10.3 Å². The number of hydrogen-bond acceptors (Lipinski definition) is 2. The summed E-state index contributed by atoms with van der Waals surface area (Å²) < 4.78 is 0. The molecule has 0 aliphatic heterocycles. The molecule has 1 amide bonds. The van der Waals surface area contributed by atoms with Crippen molar-refractivity contribution in [3.05, 3.63) is 33.2 Å². The average molecular weight is 328 g/mol. The standard InChI is InChI=1S/C20H28N2O2/c23-18-15(13-14-7-1-2-8-16(14)21-18)19(24)22-17-9-3-4-10-20(17)11-5-6-12-20/h13,17H,1-12H2,(H,21,23)(H,22,24). The highest BCUT2D eigenvalue weighted by Crippen LogP contribution is 2.49. The Labute approximate surface area is 143 Å². The molecule has 1 aromatic heterocycles. The van der Waals surface area contributed by atoms with Crippen LogP contribution in [-0.2, 0) is 12.8 Å². The number of fused-ring (bicyclic) bond motifs is 1. The molecule has 0 saturated heterocycles. The third-order valence-electron chi connectivity index (χ3n) is 6.64. The monoisotopic (exact) mass is 328 g/mol. The number of amides is 1. The maximum atomic E-state index is 12.8. The molecule has 2 fully saturated rings. The van der Waals surface area contributed by atoms with Gasteiger partial charge in [-0.25, -0.2) is 0 Å². The zero-order valence-corrected chi connectivity index (χ0v) is 14.5. The van der Waals surface area contributed by atoms with Crippen LogP contribution in [-0.4, -0.2) is 16.9 Å². The predicted octanol–water partition coefficient (Wildman–Crippen LogP) is 3.49. The number of aryl methyl sites for hydroxylation is 2. The number of carbonyl (C=O) groups excluding carboxylic acids is 1. The van der Waals surface area contributed by atoms with Gasteiger partial charge in [-0.05, 0) is 68.4 Å². The number of hydrogen-bond donors (Lipinski definition) is 2. The molecule has 130 valence electrons. The summed E-state index contributed by atoms with van der Waals surface area (Å²) in [6.45, 7) is 0. The molecule has 0 bridgehead atoms. The first-order chi connectivity index (χ1) is 11.7. The van der Waals surface area contributed by atoms with Gasteiger partial charge < -0.3 is 10.3 Å². The lowest BCUT2D eigenvalue weighted by Crippen LogP contribution is -2.49. The number of pyridine rings is 1. The Hall–Kier alpha value is -1.58. The summed E-state index contributed by atoms with van der Waals surface area (Å²) in [5.74, 6) is -0.164. The van der Waals surface area contributed by atoms with Crippen LogP contribution >= 0.6 is 0 Å². The summed E-state index contributed by atoms with van der Waals surface area (Å²) in [4.78, 5) is 28.2. The normalized spacial score (nSPS) is 25.4. The smallest absolute Gasteiger partial charge is 0.261 e. The lowest BCUT2D eigenvalue weighted by Gasteiger charge is -2.42. The molecule has 4 rings (SSSR count). The molecule has 4 nitrogen and oxygen atoms in total. The molecule has 2 saturated carbocycles. The van der Waals surface area contributed by atoms with Crippen molar-refractivity contribution in [2.75, 3.05) is 0 Å². The van der Waals surface area contributed by atoms with Gasteiger partial charge in [-0.15, -0.1) is 0 Å². The molecule has 3 aliphatic carbocycles. The van der Waals surface area contributed by atoms with Crippen LogP contribution in [0.25, 0.3) is 0 Å². The number of carbonyl (C=O) groups is 1. The first-order valence-corrected chi connectivity index (χ1v) is 9.74. The van der Waals surface area contributed by atoms with Gasteiger partial charge in [0.1, 0.15) is 5.56 Å². The highest BCUT2D eigenvalue weighted by atomic mass is 16.2. The van der Waals surface area contributed by atoms with Gasteiger partial charge in [0.05, 0.1) is 0 Å². The van der Waals surface area contributed by atoms with Crippen LogP contribution in [0.2, 0.25) is 0 Å². The van der Waals surface area contributed by atoms with Gasteiger partial charge in [0.2, 0.25) is 0 Å². The predicted molar refractivity (Wildman–Crippen MR) is 94.3 cm³/mol. The van der Waals surface area contributed by atoms with Gasteiger partial charge in [0.15, 0.2) is 0 Å². The first kappa shape index (κ1) is 15.9. The lowest BCUT2D eigenvalue weighted by molar-refractivity contribution is 0.0803. The zero-order valence-electron chi connectivity index (χ0n) is 14.5. The fourth-order valence-electron chi connectivity index (χ4n) is 5.29. The fourth-order valence-corrected chi connectivity index (χ4v) is 5.29. The van der Waals surface area contributed by atoms with E-state index >= 15 is 0 Å². The second kappa shape index (κ2) is 6.38. The van der Waals surface area contributed by atoms with Crippen LogP contribution in [0.4, 0.5) is 0 Å². The Morgan fingerprint density at radius 2 is 1.75 bits per heavy atom. The summed E-state index contributed by atoms with van der Waals surface area (Å²) in [6.07, 6.45) is 14.0. The van der Waals surface area contributed by atoms with Crippen molar-refractivity contribution in [2.24, 2.45) is 5.41 Å². The van der Waals surface area contributed by atoms with Crippen molar-refractivity contribution in [3.8, 4) is 0 Å². The molecule has 4 heteroatoms. The highest BCUT2D eigenvalue weighted by molar-refractivity contribution is 5.94. The topological polar surface area (TPSA) is 62.0 Å². The van der Waals surface area contributed by atoms with Crippen LogP contribution in [0.15, 0.2) is 10.9 Å². The van der Waals surface area contributed by atoms with E-state index in [1.807, 2.05) is 6.07 Å². The maximum absolute atomic E-state index is 12.8. The maximum Gasteiger partial charge on any atom is 0.261 e. The molecular weight excluding hydrogens is 300 g/mol. The third kappa shape index (κ3) is 2.80. The van der Waals surface area contributed by atoms with E-state index in [0.29, 0.717) is 11.0 Å². The minimum absolute atomic E-state index is 0.164. The van der Waals surface area contributed by atoms with Crippen molar-refractivity contribution in [1.29, 1.82) is 0 Å². The summed E-state index contributed by atoms with van der Waals surface area (Å²) in [6, 6.07) is 2.10. The summed E-state index contributed by atoms with van der Waals surface area (Å²) in [5.41, 5.74) is 2.59. The Bertz CT molecular complexity index is 685. The van der Waals surface area contributed by atoms with Crippen molar-refractivity contribution in [1.82, 2.24) is 10.3 Å². The Balaban J connectivity index is 1.56. The molecule has 1 heterocycles. The Morgan fingerprint density at radius 3 is 2.54 bits per heavy atom. The SMILES string of the molecule is O=C(NC1CCCCC12CCCC2)c1cc2c([nH]c1=O)CCCC2. The van der Waals surface area contributed by atoms with Gasteiger partial charge >= 0.3 is 0 Å². The van der Waals surface area contributed by atoms with Gasteiger partial charge in [0, 0.05) is 11.7 Å². The summed E-state index contributed by atoms with van der Waals surface area (Å²) in [5, 5.41) is 3.26. The van der Waals surface area contributed by atoms with E-state index in [1.165, 1.54) is 44.9 Å². The van der Waals surface area contributed by atoms with Crippen LogP contribution in [0.1, 0.15) is 85.8 Å². The quantitative estimate of drug-likeness (QED) is 0.873. The molecule has 1 spiro atoms. The number of rotatable bonds is 2. The number of H-pyrrole nitrogens is 1. The summed E-state index contributed by atoms with van der Waals surface area (Å²) in [7, 11) is 0. The van der Waals surface area contributed by atoms with Crippen molar-refractivity contribution in [2.45, 2.75) is 83.1 Å². The fraction of sp³-hybridized carbons (Fsp3) is 0.700. The molecule has 1 atom stereocenters. The first-order valence-electron chi connectivity index (χ1n) is 9.74. The minimum atomic E-state index is -0.218. The number of nitrogens with one attached hydrogen (secondary N) is 2. The van der Waals surface area contributed by atoms with E-state index in [-0.39, 0.29) is 17.5 Å². The minimum Gasteiger partial charge on any atom is -0.349 e. The molecule has 2 N–H and O–H groups in total. The highest BCUT2D eigenvalue weighted by Gasteiger charge is 2.43. The van der Waals surface area contributed by atoms with Gasteiger partial charge in [0.25, 0.3) is 11.5 Å². The third-order valence-corrected chi connectivity index (χ3v) is 6.64. The van der Waals surface area contributed by atoms with Crippen LogP contribution in [0, 0.1) is 5.41 Å². The molecule has 1 unspecified atom stereocenters. The van der Waals surface area contributed by atoms with E-state index < -0.39 is 0 Å². The average Bonchev–Trinajstić information content (AvgIpc) is 3.05.